The molecule has 0 atom stereocenters. The monoisotopic (exact) mass is 358 g/mol. The van der Waals surface area contributed by atoms with Gasteiger partial charge < -0.3 is 16.2 Å². The van der Waals surface area contributed by atoms with Crippen LogP contribution in [-0.4, -0.2) is 24.0 Å². The number of hydrogen-bond acceptors (Lipinski definition) is 5. The average Bonchev–Trinajstić information content (AvgIpc) is 2.57. The molecule has 0 aliphatic rings. The summed E-state index contributed by atoms with van der Waals surface area (Å²) in [5.41, 5.74) is 5.99. The molecule has 0 spiro atoms. The third kappa shape index (κ3) is 3.25. The maximum absolute atomic E-state index is 12.2. The van der Waals surface area contributed by atoms with Crippen molar-refractivity contribution in [2.24, 2.45) is 0 Å². The Balaban J connectivity index is 2.05. The number of anilines is 2. The second-order valence-corrected chi connectivity index (χ2v) is 6.76. The molecule has 0 bridgehead atoms. The van der Waals surface area contributed by atoms with E-state index in [1.807, 2.05) is 0 Å². The van der Waals surface area contributed by atoms with E-state index in [-0.39, 0.29) is 5.91 Å². The van der Waals surface area contributed by atoms with Gasteiger partial charge in [0.05, 0.1) is 5.69 Å². The summed E-state index contributed by atoms with van der Waals surface area (Å²) < 4.78 is 32.0. The van der Waals surface area contributed by atoms with Gasteiger partial charge in [0, 0.05) is 16.6 Å². The van der Waals surface area contributed by atoms with E-state index in [4.69, 9.17) is 5.73 Å². The van der Waals surface area contributed by atoms with E-state index in [9.17, 15) is 22.9 Å². The number of phenolic OH excluding ortho intramolecular Hbond substituents is 1. The summed E-state index contributed by atoms with van der Waals surface area (Å²) in [7, 11) is -4.60. The Morgan fingerprint density at radius 2 is 1.72 bits per heavy atom. The van der Waals surface area contributed by atoms with E-state index < -0.39 is 26.5 Å². The van der Waals surface area contributed by atoms with Gasteiger partial charge in [0.2, 0.25) is 0 Å². The predicted molar refractivity (Wildman–Crippen MR) is 94.2 cm³/mol. The second kappa shape index (κ2) is 6.08. The van der Waals surface area contributed by atoms with Gasteiger partial charge in [-0.15, -0.1) is 0 Å². The number of nitrogens with two attached hydrogens (primary N) is 1. The van der Waals surface area contributed by atoms with E-state index in [0.29, 0.717) is 22.0 Å². The Hall–Kier alpha value is -3.10. The molecule has 5 N–H and O–H groups in total. The van der Waals surface area contributed by atoms with Crippen LogP contribution in [0.3, 0.4) is 0 Å². The Morgan fingerprint density at radius 1 is 1.04 bits per heavy atom. The topological polar surface area (TPSA) is 130 Å². The standard InChI is InChI=1S/C17H14N2O5S/c18-15-14(25(22,23)24)9-11-8-12(6-7-13(11)16(15)20)19-17(21)10-4-2-1-3-5-10/h1-9,20H,18H2,(H,19,21)(H,22,23,24). The summed E-state index contributed by atoms with van der Waals surface area (Å²) in [6, 6.07) is 14.2. The lowest BCUT2D eigenvalue weighted by atomic mass is 10.1. The van der Waals surface area contributed by atoms with Crippen LogP contribution in [0.4, 0.5) is 11.4 Å². The number of carbonyl (C=O) groups excluding carboxylic acids is 1. The van der Waals surface area contributed by atoms with Crippen LogP contribution in [0.2, 0.25) is 0 Å². The number of carbonyl (C=O) groups is 1. The number of rotatable bonds is 3. The Morgan fingerprint density at radius 3 is 2.36 bits per heavy atom. The predicted octanol–water partition coefficient (Wildman–Crippen LogP) is 2.63. The molecular weight excluding hydrogens is 344 g/mol. The lowest BCUT2D eigenvalue weighted by Crippen LogP contribution is -2.11. The lowest BCUT2D eigenvalue weighted by molar-refractivity contribution is 0.102. The molecule has 0 fully saturated rings. The normalized spacial score (nSPS) is 11.4. The van der Waals surface area contributed by atoms with Crippen LogP contribution in [0.15, 0.2) is 59.5 Å². The molecule has 0 aromatic heterocycles. The molecule has 0 aliphatic heterocycles. The SMILES string of the molecule is Nc1c(S(=O)(=O)O)cc2cc(NC(=O)c3ccccc3)ccc2c1O. The third-order valence-electron chi connectivity index (χ3n) is 3.69. The van der Waals surface area contributed by atoms with Crippen molar-refractivity contribution in [1.82, 2.24) is 0 Å². The number of phenols is 1. The van der Waals surface area contributed by atoms with Crippen LogP contribution in [0, 0.1) is 0 Å². The van der Waals surface area contributed by atoms with Gasteiger partial charge in [-0.25, -0.2) is 0 Å². The highest BCUT2D eigenvalue weighted by Crippen LogP contribution is 2.37. The van der Waals surface area contributed by atoms with E-state index in [0.717, 1.165) is 6.07 Å². The molecule has 0 radical (unpaired) electrons. The summed E-state index contributed by atoms with van der Waals surface area (Å²) in [5, 5.41) is 13.3. The number of fused-ring (bicyclic) bond motifs is 1. The minimum atomic E-state index is -4.60. The lowest BCUT2D eigenvalue weighted by Gasteiger charge is -2.11. The fourth-order valence-corrected chi connectivity index (χ4v) is 3.11. The molecule has 0 heterocycles. The quantitative estimate of drug-likeness (QED) is 0.323. The summed E-state index contributed by atoms with van der Waals surface area (Å²) in [6.07, 6.45) is 0. The molecule has 1 amide bonds. The van der Waals surface area contributed by atoms with E-state index >= 15 is 0 Å². The summed E-state index contributed by atoms with van der Waals surface area (Å²) in [4.78, 5) is 11.6. The van der Waals surface area contributed by atoms with Crippen molar-refractivity contribution in [2.45, 2.75) is 4.90 Å². The minimum Gasteiger partial charge on any atom is -0.505 e. The van der Waals surface area contributed by atoms with Crippen LogP contribution in [0.25, 0.3) is 10.8 Å². The smallest absolute Gasteiger partial charge is 0.296 e. The second-order valence-electron chi connectivity index (χ2n) is 5.37. The summed E-state index contributed by atoms with van der Waals surface area (Å²) in [5.74, 6) is -0.791. The largest absolute Gasteiger partial charge is 0.505 e. The Bertz CT molecular complexity index is 1080. The number of amides is 1. The zero-order valence-electron chi connectivity index (χ0n) is 12.8. The number of nitrogens with one attached hydrogen (secondary N) is 1. The van der Waals surface area contributed by atoms with Gasteiger partial charge in [-0.05, 0) is 41.8 Å². The molecule has 0 unspecified atom stereocenters. The van der Waals surface area contributed by atoms with Gasteiger partial charge in [0.1, 0.15) is 10.6 Å². The molecule has 128 valence electrons. The van der Waals surface area contributed by atoms with Crippen molar-refractivity contribution < 1.29 is 22.9 Å². The molecule has 0 saturated carbocycles. The molecule has 7 nitrogen and oxygen atoms in total. The van der Waals surface area contributed by atoms with Gasteiger partial charge in [0.15, 0.2) is 0 Å². The fraction of sp³-hybridized carbons (Fsp3) is 0. The molecule has 3 aromatic rings. The third-order valence-corrected chi connectivity index (χ3v) is 4.58. The van der Waals surface area contributed by atoms with Crippen LogP contribution >= 0.6 is 0 Å². The van der Waals surface area contributed by atoms with Crippen molar-refractivity contribution in [3.8, 4) is 5.75 Å². The number of benzene rings is 3. The first-order chi connectivity index (χ1) is 11.8. The Labute approximate surface area is 143 Å². The number of hydrogen-bond donors (Lipinski definition) is 4. The number of nitrogen functional groups attached to an aromatic ring is 1. The highest BCUT2D eigenvalue weighted by molar-refractivity contribution is 7.86. The summed E-state index contributed by atoms with van der Waals surface area (Å²) >= 11 is 0. The van der Waals surface area contributed by atoms with Crippen molar-refractivity contribution in [1.29, 1.82) is 0 Å². The van der Waals surface area contributed by atoms with Gasteiger partial charge in [-0.3, -0.25) is 9.35 Å². The average molecular weight is 358 g/mol. The van der Waals surface area contributed by atoms with Crippen LogP contribution < -0.4 is 11.1 Å². The first-order valence-corrected chi connectivity index (χ1v) is 8.60. The molecule has 3 aromatic carbocycles. The summed E-state index contributed by atoms with van der Waals surface area (Å²) in [6.45, 7) is 0. The van der Waals surface area contributed by atoms with Crippen molar-refractivity contribution in [3.05, 3.63) is 60.2 Å². The van der Waals surface area contributed by atoms with Crippen molar-refractivity contribution in [2.75, 3.05) is 11.1 Å². The maximum atomic E-state index is 12.2. The zero-order valence-corrected chi connectivity index (χ0v) is 13.6. The van der Waals surface area contributed by atoms with Crippen LogP contribution in [0.1, 0.15) is 10.4 Å². The van der Waals surface area contributed by atoms with Gasteiger partial charge in [-0.1, -0.05) is 18.2 Å². The van der Waals surface area contributed by atoms with Gasteiger partial charge in [0.25, 0.3) is 16.0 Å². The zero-order chi connectivity index (χ0) is 18.2. The van der Waals surface area contributed by atoms with Gasteiger partial charge in [-0.2, -0.15) is 8.42 Å². The van der Waals surface area contributed by atoms with Crippen molar-refractivity contribution >= 4 is 38.2 Å². The molecule has 0 aliphatic carbocycles. The van der Waals surface area contributed by atoms with Crippen molar-refractivity contribution in [3.63, 3.8) is 0 Å². The maximum Gasteiger partial charge on any atom is 0.296 e. The Kier molecular flexibility index (Phi) is 4.07. The van der Waals surface area contributed by atoms with Crippen LogP contribution in [0.5, 0.6) is 5.75 Å². The van der Waals surface area contributed by atoms with Crippen LogP contribution in [-0.2, 0) is 10.1 Å². The van der Waals surface area contributed by atoms with E-state index in [1.54, 1.807) is 36.4 Å². The number of aromatic hydroxyl groups is 1. The minimum absolute atomic E-state index is 0.294. The first kappa shape index (κ1) is 16.7. The highest BCUT2D eigenvalue weighted by Gasteiger charge is 2.19. The van der Waals surface area contributed by atoms with Gasteiger partial charge >= 0.3 is 0 Å². The first-order valence-electron chi connectivity index (χ1n) is 7.16. The molecule has 3 rings (SSSR count). The molecule has 0 saturated heterocycles. The molecular formula is C17H14N2O5S. The van der Waals surface area contributed by atoms with E-state index in [2.05, 4.69) is 5.32 Å². The highest BCUT2D eigenvalue weighted by atomic mass is 32.2. The molecule has 25 heavy (non-hydrogen) atoms. The fourth-order valence-electron chi connectivity index (χ4n) is 2.46. The van der Waals surface area contributed by atoms with E-state index in [1.165, 1.54) is 12.1 Å². The molecule has 8 heteroatoms.